The normalized spacial score (nSPS) is 15.5. The third kappa shape index (κ3) is 5.22. The molecule has 0 spiro atoms. The third-order valence-electron chi connectivity index (χ3n) is 2.76. The lowest BCUT2D eigenvalue weighted by molar-refractivity contribution is -0.284. The Hall–Kier alpha value is -0.160. The van der Waals surface area contributed by atoms with Gasteiger partial charge in [0.1, 0.15) is 0 Å². The van der Waals surface area contributed by atoms with Gasteiger partial charge in [-0.15, -0.1) is 0 Å². The third-order valence-corrected chi connectivity index (χ3v) is 2.76. The molecule has 0 bridgehead atoms. The summed E-state index contributed by atoms with van der Waals surface area (Å²) in [6, 6.07) is -0.225. The molecule has 1 atom stereocenters. The zero-order chi connectivity index (χ0) is 14.6. The van der Waals surface area contributed by atoms with E-state index in [2.05, 4.69) is 20.8 Å². The summed E-state index contributed by atoms with van der Waals surface area (Å²) in [7, 11) is 0. The molecule has 0 saturated carbocycles. The van der Waals surface area contributed by atoms with Crippen molar-refractivity contribution in [2.75, 3.05) is 13.2 Å². The Bertz CT molecular complexity index is 224. The smallest absolute Gasteiger partial charge is 0.175 e. The van der Waals surface area contributed by atoms with Crippen LogP contribution in [0, 0.1) is 5.41 Å². The maximum Gasteiger partial charge on any atom is 0.175 e. The highest BCUT2D eigenvalue weighted by Gasteiger charge is 2.42. The summed E-state index contributed by atoms with van der Waals surface area (Å²) in [4.78, 5) is 0. The van der Waals surface area contributed by atoms with E-state index in [4.69, 9.17) is 9.47 Å². The van der Waals surface area contributed by atoms with Crippen molar-refractivity contribution in [3.63, 3.8) is 0 Å². The summed E-state index contributed by atoms with van der Waals surface area (Å²) in [5.41, 5.74) is -0.512. The SMILES string of the molecule is CCOC(OCC)C(N(O)C(C)(C)C)C(C)(C)C. The zero-order valence-corrected chi connectivity index (χ0v) is 13.3. The number of nitrogens with zero attached hydrogens (tertiary/aromatic N) is 1. The molecule has 0 aromatic heterocycles. The van der Waals surface area contributed by atoms with Crippen LogP contribution in [0.4, 0.5) is 0 Å². The fraction of sp³-hybridized carbons (Fsp3) is 1.00. The highest BCUT2D eigenvalue weighted by molar-refractivity contribution is 4.88. The average Bonchev–Trinajstić information content (AvgIpc) is 2.14. The van der Waals surface area contributed by atoms with Crippen LogP contribution in [0.3, 0.4) is 0 Å². The van der Waals surface area contributed by atoms with E-state index in [1.165, 1.54) is 5.06 Å². The van der Waals surface area contributed by atoms with Gasteiger partial charge in [0.05, 0.1) is 6.04 Å². The molecule has 0 saturated heterocycles. The van der Waals surface area contributed by atoms with Crippen LogP contribution in [0.5, 0.6) is 0 Å². The second kappa shape index (κ2) is 6.85. The van der Waals surface area contributed by atoms with E-state index in [0.29, 0.717) is 13.2 Å². The molecule has 110 valence electrons. The molecule has 1 N–H and O–H groups in total. The number of rotatable bonds is 6. The van der Waals surface area contributed by atoms with E-state index < -0.39 is 6.29 Å². The van der Waals surface area contributed by atoms with Crippen molar-refractivity contribution < 1.29 is 14.7 Å². The quantitative estimate of drug-likeness (QED) is 0.588. The van der Waals surface area contributed by atoms with Gasteiger partial charge in [-0.25, -0.2) is 0 Å². The molecule has 4 nitrogen and oxygen atoms in total. The summed E-state index contributed by atoms with van der Waals surface area (Å²) in [5.74, 6) is 0. The first-order valence-corrected chi connectivity index (χ1v) is 6.77. The lowest BCUT2D eigenvalue weighted by Gasteiger charge is -2.45. The molecule has 0 aliphatic rings. The van der Waals surface area contributed by atoms with Gasteiger partial charge in [-0.1, -0.05) is 20.8 Å². The fourth-order valence-corrected chi connectivity index (χ4v) is 1.87. The average molecular weight is 261 g/mol. The van der Waals surface area contributed by atoms with E-state index in [1.807, 2.05) is 34.6 Å². The van der Waals surface area contributed by atoms with Gasteiger partial charge in [0.2, 0.25) is 0 Å². The number of hydrogen-bond acceptors (Lipinski definition) is 4. The largest absolute Gasteiger partial charge is 0.351 e. The summed E-state index contributed by atoms with van der Waals surface area (Å²) < 4.78 is 11.3. The molecule has 0 aromatic rings. The van der Waals surface area contributed by atoms with Crippen LogP contribution in [0.2, 0.25) is 0 Å². The van der Waals surface area contributed by atoms with Gasteiger partial charge < -0.3 is 14.7 Å². The highest BCUT2D eigenvalue weighted by Crippen LogP contribution is 2.32. The molecular formula is C14H31NO3. The number of hydrogen-bond donors (Lipinski definition) is 1. The molecule has 0 radical (unpaired) electrons. The molecule has 1 unspecified atom stereocenters. The van der Waals surface area contributed by atoms with Crippen LogP contribution in [-0.2, 0) is 9.47 Å². The predicted molar refractivity (Wildman–Crippen MR) is 73.7 cm³/mol. The molecule has 0 heterocycles. The van der Waals surface area contributed by atoms with Crippen molar-refractivity contribution in [2.24, 2.45) is 5.41 Å². The second-order valence-electron chi connectivity index (χ2n) is 6.61. The molecule has 0 aliphatic heterocycles. The van der Waals surface area contributed by atoms with Crippen LogP contribution in [0.25, 0.3) is 0 Å². The highest BCUT2D eigenvalue weighted by atomic mass is 16.7. The molecular weight excluding hydrogens is 230 g/mol. The molecule has 4 heteroatoms. The maximum absolute atomic E-state index is 10.5. The molecule has 18 heavy (non-hydrogen) atoms. The van der Waals surface area contributed by atoms with Gasteiger partial charge in [0.15, 0.2) is 6.29 Å². The van der Waals surface area contributed by atoms with Crippen LogP contribution < -0.4 is 0 Å². The fourth-order valence-electron chi connectivity index (χ4n) is 1.87. The Labute approximate surface area is 112 Å². The van der Waals surface area contributed by atoms with Gasteiger partial charge in [-0.05, 0) is 40.0 Å². The van der Waals surface area contributed by atoms with Gasteiger partial charge in [0.25, 0.3) is 0 Å². The lowest BCUT2D eigenvalue weighted by Crippen LogP contribution is -2.58. The van der Waals surface area contributed by atoms with E-state index in [9.17, 15) is 5.21 Å². The van der Waals surface area contributed by atoms with E-state index in [-0.39, 0.29) is 17.0 Å². The molecule has 0 aliphatic carbocycles. The van der Waals surface area contributed by atoms with Crippen LogP contribution in [0.15, 0.2) is 0 Å². The van der Waals surface area contributed by atoms with Gasteiger partial charge >= 0.3 is 0 Å². The molecule has 0 rings (SSSR count). The van der Waals surface area contributed by atoms with Crippen molar-refractivity contribution in [2.45, 2.75) is 73.3 Å². The van der Waals surface area contributed by atoms with E-state index in [1.54, 1.807) is 0 Å². The Morgan fingerprint density at radius 2 is 1.33 bits per heavy atom. The van der Waals surface area contributed by atoms with Crippen molar-refractivity contribution in [3.05, 3.63) is 0 Å². The van der Waals surface area contributed by atoms with Crippen LogP contribution in [-0.4, -0.2) is 41.4 Å². The minimum atomic E-state index is -0.427. The van der Waals surface area contributed by atoms with Gasteiger partial charge in [-0.3, -0.25) is 0 Å². The topological polar surface area (TPSA) is 41.9 Å². The Morgan fingerprint density at radius 1 is 0.944 bits per heavy atom. The molecule has 0 aromatic carbocycles. The Balaban J connectivity index is 5.19. The van der Waals surface area contributed by atoms with Gasteiger partial charge in [-0.2, -0.15) is 5.06 Å². The maximum atomic E-state index is 10.5. The van der Waals surface area contributed by atoms with Crippen molar-refractivity contribution in [1.29, 1.82) is 0 Å². The number of hydroxylamine groups is 2. The summed E-state index contributed by atoms with van der Waals surface area (Å²) in [6.45, 7) is 17.2. The summed E-state index contributed by atoms with van der Waals surface area (Å²) in [6.07, 6.45) is -0.427. The Morgan fingerprint density at radius 3 is 1.56 bits per heavy atom. The minimum absolute atomic E-state index is 0.156. The van der Waals surface area contributed by atoms with Crippen molar-refractivity contribution in [3.8, 4) is 0 Å². The minimum Gasteiger partial charge on any atom is -0.351 e. The first-order valence-electron chi connectivity index (χ1n) is 6.77. The van der Waals surface area contributed by atoms with Gasteiger partial charge in [0, 0.05) is 18.8 Å². The van der Waals surface area contributed by atoms with E-state index >= 15 is 0 Å². The Kier molecular flexibility index (Phi) is 6.79. The first-order chi connectivity index (χ1) is 8.05. The second-order valence-corrected chi connectivity index (χ2v) is 6.61. The molecule has 0 amide bonds. The standard InChI is InChI=1S/C14H31NO3/c1-9-17-12(18-10-2)11(13(3,4)5)15(16)14(6,7)8/h11-12,16H,9-10H2,1-8H3. The molecule has 0 fully saturated rings. The van der Waals surface area contributed by atoms with Crippen molar-refractivity contribution >= 4 is 0 Å². The summed E-state index contributed by atoms with van der Waals surface area (Å²) in [5, 5.41) is 11.8. The zero-order valence-electron chi connectivity index (χ0n) is 13.3. The van der Waals surface area contributed by atoms with E-state index in [0.717, 1.165) is 0 Å². The monoisotopic (exact) mass is 261 g/mol. The van der Waals surface area contributed by atoms with Crippen molar-refractivity contribution in [1.82, 2.24) is 5.06 Å². The lowest BCUT2D eigenvalue weighted by atomic mass is 9.84. The summed E-state index contributed by atoms with van der Waals surface area (Å²) >= 11 is 0. The first kappa shape index (κ1) is 17.8. The van der Waals surface area contributed by atoms with Crippen LogP contribution >= 0.6 is 0 Å². The predicted octanol–water partition coefficient (Wildman–Crippen LogP) is 3.29. The van der Waals surface area contributed by atoms with Crippen LogP contribution in [0.1, 0.15) is 55.4 Å². The number of ether oxygens (including phenoxy) is 2.